The first-order chi connectivity index (χ1) is 16.7. The maximum atomic E-state index is 6.31. The van der Waals surface area contributed by atoms with Gasteiger partial charge >= 0.3 is 0 Å². The zero-order valence-electron chi connectivity index (χ0n) is 18.8. The Bertz CT molecular complexity index is 1490. The fraction of sp³-hybridized carbons (Fsp3) is 0.231. The van der Waals surface area contributed by atoms with Crippen LogP contribution in [0, 0.1) is 0 Å². The predicted molar refractivity (Wildman–Crippen MR) is 135 cm³/mol. The lowest BCUT2D eigenvalue weighted by atomic mass is 10.0. The number of aromatic nitrogens is 5. The molecule has 4 N–H and O–H groups in total. The van der Waals surface area contributed by atoms with Gasteiger partial charge in [0.2, 0.25) is 0 Å². The Balaban J connectivity index is 1.45. The number of pyridine rings is 2. The normalized spacial score (nSPS) is 16.4. The van der Waals surface area contributed by atoms with Crippen LogP contribution >= 0.6 is 0 Å². The highest BCUT2D eigenvalue weighted by molar-refractivity contribution is 5.84. The van der Waals surface area contributed by atoms with E-state index in [4.69, 9.17) is 16.5 Å². The first-order valence-electron chi connectivity index (χ1n) is 11.6. The summed E-state index contributed by atoms with van der Waals surface area (Å²) in [6.45, 7) is 1.81. The quantitative estimate of drug-likeness (QED) is 0.431. The SMILES string of the molecule is Nc1nccn2c(Cc3cc(-c4ccc5ncccc5c4)ncc3N3CCC[C@@H](N)C3)cnc12. The molecule has 1 aliphatic heterocycles. The van der Waals surface area contributed by atoms with Crippen molar-refractivity contribution in [3.05, 3.63) is 78.6 Å². The number of fused-ring (bicyclic) bond motifs is 2. The van der Waals surface area contributed by atoms with Crippen molar-refractivity contribution in [3.8, 4) is 11.3 Å². The van der Waals surface area contributed by atoms with Crippen molar-refractivity contribution >= 4 is 28.1 Å². The van der Waals surface area contributed by atoms with E-state index in [-0.39, 0.29) is 6.04 Å². The number of anilines is 2. The van der Waals surface area contributed by atoms with E-state index in [0.29, 0.717) is 17.9 Å². The third-order valence-corrected chi connectivity index (χ3v) is 6.57. The molecule has 6 rings (SSSR count). The summed E-state index contributed by atoms with van der Waals surface area (Å²) in [6, 6.07) is 12.7. The Hall–Kier alpha value is -4.04. The van der Waals surface area contributed by atoms with Crippen LogP contribution in [0.1, 0.15) is 24.1 Å². The first kappa shape index (κ1) is 20.6. The number of nitrogens with zero attached hydrogens (tertiary/aromatic N) is 6. The predicted octanol–water partition coefficient (Wildman–Crippen LogP) is 3.44. The number of nitrogen functional groups attached to an aromatic ring is 1. The number of piperidine rings is 1. The van der Waals surface area contributed by atoms with E-state index < -0.39 is 0 Å². The number of benzene rings is 1. The van der Waals surface area contributed by atoms with Gasteiger partial charge in [-0.15, -0.1) is 0 Å². The zero-order valence-corrected chi connectivity index (χ0v) is 18.8. The Kier molecular flexibility index (Phi) is 5.07. The largest absolute Gasteiger partial charge is 0.381 e. The lowest BCUT2D eigenvalue weighted by Crippen LogP contribution is -2.43. The van der Waals surface area contributed by atoms with Gasteiger partial charge in [-0.2, -0.15) is 0 Å². The monoisotopic (exact) mass is 450 g/mol. The van der Waals surface area contributed by atoms with Crippen LogP contribution in [0.5, 0.6) is 0 Å². The van der Waals surface area contributed by atoms with Gasteiger partial charge in [0.1, 0.15) is 0 Å². The van der Waals surface area contributed by atoms with Gasteiger partial charge in [-0.1, -0.05) is 12.1 Å². The second-order valence-corrected chi connectivity index (χ2v) is 8.89. The molecule has 0 spiro atoms. The maximum Gasteiger partial charge on any atom is 0.180 e. The molecular formula is C26H26N8. The Labute approximate surface area is 197 Å². The minimum atomic E-state index is 0.177. The highest BCUT2D eigenvalue weighted by atomic mass is 15.2. The van der Waals surface area contributed by atoms with E-state index >= 15 is 0 Å². The highest BCUT2D eigenvalue weighted by Crippen LogP contribution is 2.30. The van der Waals surface area contributed by atoms with Crippen molar-refractivity contribution in [2.75, 3.05) is 23.7 Å². The lowest BCUT2D eigenvalue weighted by molar-refractivity contribution is 0.505. The Morgan fingerprint density at radius 2 is 1.94 bits per heavy atom. The first-order valence-corrected chi connectivity index (χ1v) is 11.6. The molecule has 1 atom stereocenters. The molecule has 1 aromatic carbocycles. The highest BCUT2D eigenvalue weighted by Gasteiger charge is 2.21. The summed E-state index contributed by atoms with van der Waals surface area (Å²) in [5, 5.41) is 1.10. The molecule has 170 valence electrons. The lowest BCUT2D eigenvalue weighted by Gasteiger charge is -2.34. The molecule has 0 saturated carbocycles. The summed E-state index contributed by atoms with van der Waals surface area (Å²) in [6.07, 6.45) is 12.1. The van der Waals surface area contributed by atoms with Crippen LogP contribution in [0.3, 0.4) is 0 Å². The van der Waals surface area contributed by atoms with Gasteiger partial charge in [0.05, 0.1) is 23.1 Å². The molecule has 0 radical (unpaired) electrons. The molecule has 0 unspecified atom stereocenters. The summed E-state index contributed by atoms with van der Waals surface area (Å²) < 4.78 is 2.01. The number of nitrogens with two attached hydrogens (primary N) is 2. The summed E-state index contributed by atoms with van der Waals surface area (Å²) >= 11 is 0. The minimum Gasteiger partial charge on any atom is -0.381 e. The molecular weight excluding hydrogens is 424 g/mol. The number of rotatable bonds is 4. The molecule has 0 aliphatic carbocycles. The average molecular weight is 451 g/mol. The fourth-order valence-electron chi connectivity index (χ4n) is 4.85. The third-order valence-electron chi connectivity index (χ3n) is 6.57. The van der Waals surface area contributed by atoms with E-state index in [1.807, 2.05) is 41.3 Å². The van der Waals surface area contributed by atoms with Gasteiger partial charge in [0.25, 0.3) is 0 Å². The van der Waals surface area contributed by atoms with Crippen LogP contribution in [0.25, 0.3) is 27.8 Å². The molecule has 34 heavy (non-hydrogen) atoms. The topological polar surface area (TPSA) is 111 Å². The molecule has 1 aliphatic rings. The maximum absolute atomic E-state index is 6.31. The van der Waals surface area contributed by atoms with Gasteiger partial charge in [-0.25, -0.2) is 9.97 Å². The minimum absolute atomic E-state index is 0.177. The molecule has 5 heterocycles. The fourth-order valence-corrected chi connectivity index (χ4v) is 4.85. The zero-order chi connectivity index (χ0) is 23.1. The average Bonchev–Trinajstić information content (AvgIpc) is 3.28. The molecule has 1 fully saturated rings. The van der Waals surface area contributed by atoms with Gasteiger partial charge < -0.3 is 16.4 Å². The smallest absolute Gasteiger partial charge is 0.180 e. The van der Waals surface area contributed by atoms with Crippen molar-refractivity contribution < 1.29 is 0 Å². The molecule has 0 amide bonds. The van der Waals surface area contributed by atoms with Gasteiger partial charge in [0, 0.05) is 67.0 Å². The van der Waals surface area contributed by atoms with E-state index in [1.165, 1.54) is 5.56 Å². The third kappa shape index (κ3) is 3.72. The van der Waals surface area contributed by atoms with E-state index in [1.54, 1.807) is 6.20 Å². The van der Waals surface area contributed by atoms with E-state index in [2.05, 4.69) is 44.1 Å². The summed E-state index contributed by atoms with van der Waals surface area (Å²) in [5.74, 6) is 0.427. The van der Waals surface area contributed by atoms with Crippen LogP contribution in [0.15, 0.2) is 67.4 Å². The van der Waals surface area contributed by atoms with Crippen molar-refractivity contribution in [1.29, 1.82) is 0 Å². The summed E-state index contributed by atoms with van der Waals surface area (Å²) in [4.78, 5) is 20.3. The second kappa shape index (κ2) is 8.39. The molecule has 8 heteroatoms. The van der Waals surface area contributed by atoms with Crippen molar-refractivity contribution in [3.63, 3.8) is 0 Å². The van der Waals surface area contributed by atoms with Crippen LogP contribution in [-0.2, 0) is 6.42 Å². The molecule has 8 nitrogen and oxygen atoms in total. The number of hydrogen-bond donors (Lipinski definition) is 2. The number of hydrogen-bond acceptors (Lipinski definition) is 7. The van der Waals surface area contributed by atoms with Crippen molar-refractivity contribution in [2.45, 2.75) is 25.3 Å². The molecule has 0 bridgehead atoms. The Morgan fingerprint density at radius 1 is 1.00 bits per heavy atom. The van der Waals surface area contributed by atoms with Gasteiger partial charge in [0.15, 0.2) is 11.5 Å². The summed E-state index contributed by atoms with van der Waals surface area (Å²) in [5.41, 5.74) is 19.4. The van der Waals surface area contributed by atoms with E-state index in [0.717, 1.165) is 59.5 Å². The molecule has 1 saturated heterocycles. The van der Waals surface area contributed by atoms with Crippen LogP contribution < -0.4 is 16.4 Å². The van der Waals surface area contributed by atoms with E-state index in [9.17, 15) is 0 Å². The van der Waals surface area contributed by atoms with Gasteiger partial charge in [-0.3, -0.25) is 14.4 Å². The standard InChI is InChI=1S/C26H26N8/c27-20-4-2-9-33(16-20)24-15-31-23(18-5-6-22-17(11-18)3-1-7-29-22)13-19(24)12-21-14-32-26-25(28)30-8-10-34(21)26/h1,3,5-8,10-11,13-15,20H,2,4,9,12,16,27H2,(H2,28,30)/t20-/m1/s1. The van der Waals surface area contributed by atoms with Crippen LogP contribution in [0.2, 0.25) is 0 Å². The summed E-state index contributed by atoms with van der Waals surface area (Å²) in [7, 11) is 0. The van der Waals surface area contributed by atoms with Crippen LogP contribution in [-0.4, -0.2) is 43.5 Å². The Morgan fingerprint density at radius 3 is 2.85 bits per heavy atom. The van der Waals surface area contributed by atoms with Crippen molar-refractivity contribution in [1.82, 2.24) is 24.3 Å². The molecule has 4 aromatic heterocycles. The van der Waals surface area contributed by atoms with Crippen LogP contribution in [0.4, 0.5) is 11.5 Å². The molecule has 5 aromatic rings. The second-order valence-electron chi connectivity index (χ2n) is 8.89. The number of imidazole rings is 1. The van der Waals surface area contributed by atoms with Gasteiger partial charge in [-0.05, 0) is 42.7 Å². The van der Waals surface area contributed by atoms with Crippen molar-refractivity contribution in [2.24, 2.45) is 5.73 Å².